The van der Waals surface area contributed by atoms with Crippen molar-refractivity contribution < 1.29 is 9.47 Å². The van der Waals surface area contributed by atoms with E-state index in [-0.39, 0.29) is 6.61 Å². The first-order chi connectivity index (χ1) is 20.2. The van der Waals surface area contributed by atoms with Gasteiger partial charge < -0.3 is 19.7 Å². The van der Waals surface area contributed by atoms with Gasteiger partial charge in [-0.2, -0.15) is 25.3 Å². The number of piperidine rings is 1. The average molecular weight is 549 g/mol. The van der Waals surface area contributed by atoms with Gasteiger partial charge in [-0.05, 0) is 68.1 Å². The Hall–Kier alpha value is -5.17. The molecule has 0 saturated carbocycles. The molecule has 1 saturated heterocycles. The number of rotatable bonds is 11. The number of hydrazone groups is 1. The van der Waals surface area contributed by atoms with E-state index in [1.54, 1.807) is 12.3 Å². The van der Waals surface area contributed by atoms with Gasteiger partial charge in [0.2, 0.25) is 17.8 Å². The highest BCUT2D eigenvalue weighted by molar-refractivity contribution is 5.81. The fraction of sp³-hybridized carbons (Fsp3) is 0.258. The first-order valence-electron chi connectivity index (χ1n) is 13.7. The first kappa shape index (κ1) is 27.4. The minimum Gasteiger partial charge on any atom is -0.490 e. The summed E-state index contributed by atoms with van der Waals surface area (Å²) >= 11 is 0. The van der Waals surface area contributed by atoms with E-state index in [1.807, 2.05) is 73.7 Å². The molecule has 10 heteroatoms. The molecule has 2 N–H and O–H groups in total. The normalized spacial score (nSPS) is 13.0. The summed E-state index contributed by atoms with van der Waals surface area (Å²) in [6, 6.07) is 24.9. The second-order valence-corrected chi connectivity index (χ2v) is 9.39. The van der Waals surface area contributed by atoms with E-state index in [2.05, 4.69) is 41.8 Å². The van der Waals surface area contributed by atoms with Crippen LogP contribution in [0.1, 0.15) is 42.9 Å². The molecule has 208 valence electrons. The van der Waals surface area contributed by atoms with Gasteiger partial charge in [0.05, 0.1) is 24.5 Å². The standard InChI is InChI=1S/C31H32N8O2/c1-2-40-28-19-23(15-16-27(28)41-22-25-12-8-7-11-24(25)20-32)21-33-38-30-35-29(34-26-13-5-3-6-14-26)36-31(37-30)39-17-9-4-10-18-39/h3,5-8,11-16,19,21H,2,4,9-10,17-18,22H2,1H3,(H2,34,35,36,37,38)/b33-21-. The average Bonchev–Trinajstić information content (AvgIpc) is 3.02. The molecule has 0 amide bonds. The second-order valence-electron chi connectivity index (χ2n) is 9.39. The number of hydrogen-bond donors (Lipinski definition) is 2. The van der Waals surface area contributed by atoms with Gasteiger partial charge in [-0.25, -0.2) is 5.43 Å². The van der Waals surface area contributed by atoms with E-state index >= 15 is 0 Å². The smallest absolute Gasteiger partial charge is 0.250 e. The van der Waals surface area contributed by atoms with E-state index in [1.165, 1.54) is 6.42 Å². The van der Waals surface area contributed by atoms with Crippen LogP contribution >= 0.6 is 0 Å². The molecule has 3 aromatic carbocycles. The number of para-hydroxylation sites is 1. The molecule has 1 aliphatic heterocycles. The van der Waals surface area contributed by atoms with Gasteiger partial charge in [0, 0.05) is 24.3 Å². The molecule has 0 atom stereocenters. The Morgan fingerprint density at radius 3 is 2.49 bits per heavy atom. The molecule has 41 heavy (non-hydrogen) atoms. The van der Waals surface area contributed by atoms with E-state index in [9.17, 15) is 5.26 Å². The number of nitrogens with zero attached hydrogens (tertiary/aromatic N) is 6. The highest BCUT2D eigenvalue weighted by atomic mass is 16.5. The first-order valence-corrected chi connectivity index (χ1v) is 13.7. The fourth-order valence-electron chi connectivity index (χ4n) is 4.42. The predicted molar refractivity (Wildman–Crippen MR) is 160 cm³/mol. The van der Waals surface area contributed by atoms with Crippen LogP contribution in [-0.2, 0) is 6.61 Å². The lowest BCUT2D eigenvalue weighted by Crippen LogP contribution is -2.31. The maximum Gasteiger partial charge on any atom is 0.250 e. The maximum absolute atomic E-state index is 9.35. The number of benzene rings is 3. The summed E-state index contributed by atoms with van der Waals surface area (Å²) in [4.78, 5) is 16.0. The molecule has 0 bridgehead atoms. The molecule has 0 aliphatic carbocycles. The van der Waals surface area contributed by atoms with Crippen molar-refractivity contribution in [2.75, 3.05) is 35.3 Å². The molecular weight excluding hydrogens is 516 g/mol. The van der Waals surface area contributed by atoms with Crippen LogP contribution in [0.25, 0.3) is 0 Å². The molecule has 5 rings (SSSR count). The highest BCUT2D eigenvalue weighted by Gasteiger charge is 2.16. The highest BCUT2D eigenvalue weighted by Crippen LogP contribution is 2.29. The maximum atomic E-state index is 9.35. The lowest BCUT2D eigenvalue weighted by atomic mass is 10.1. The minimum atomic E-state index is 0.261. The number of nitriles is 1. The van der Waals surface area contributed by atoms with E-state index in [4.69, 9.17) is 9.47 Å². The number of nitrogens with one attached hydrogen (secondary N) is 2. The summed E-state index contributed by atoms with van der Waals surface area (Å²) in [6.07, 6.45) is 5.11. The zero-order valence-corrected chi connectivity index (χ0v) is 23.0. The van der Waals surface area contributed by atoms with Gasteiger partial charge in [-0.15, -0.1) is 0 Å². The zero-order valence-electron chi connectivity index (χ0n) is 23.0. The monoisotopic (exact) mass is 548 g/mol. The quantitative estimate of drug-likeness (QED) is 0.174. The van der Waals surface area contributed by atoms with Gasteiger partial charge in [-0.3, -0.25) is 0 Å². The summed E-state index contributed by atoms with van der Waals surface area (Å²) in [5, 5.41) is 17.0. The van der Waals surface area contributed by atoms with Gasteiger partial charge in [0.15, 0.2) is 11.5 Å². The van der Waals surface area contributed by atoms with Crippen LogP contribution in [0, 0.1) is 11.3 Å². The Balaban J connectivity index is 1.31. The molecular formula is C31H32N8O2. The molecule has 10 nitrogen and oxygen atoms in total. The van der Waals surface area contributed by atoms with Crippen molar-refractivity contribution in [1.29, 1.82) is 5.26 Å². The van der Waals surface area contributed by atoms with E-state index < -0.39 is 0 Å². The number of aromatic nitrogens is 3. The van der Waals surface area contributed by atoms with Crippen LogP contribution in [0.3, 0.4) is 0 Å². The molecule has 1 fully saturated rings. The molecule has 2 heterocycles. The molecule has 0 radical (unpaired) electrons. The van der Waals surface area contributed by atoms with Crippen molar-refractivity contribution in [1.82, 2.24) is 15.0 Å². The van der Waals surface area contributed by atoms with Crippen molar-refractivity contribution >= 4 is 29.7 Å². The summed E-state index contributed by atoms with van der Waals surface area (Å²) in [5.41, 5.74) is 6.06. The number of ether oxygens (including phenoxy) is 2. The Bertz CT molecular complexity index is 1510. The zero-order chi connectivity index (χ0) is 28.3. The molecule has 0 spiro atoms. The largest absolute Gasteiger partial charge is 0.490 e. The fourth-order valence-corrected chi connectivity index (χ4v) is 4.42. The van der Waals surface area contributed by atoms with E-state index in [0.29, 0.717) is 41.5 Å². The Morgan fingerprint density at radius 1 is 0.902 bits per heavy atom. The number of anilines is 4. The second kappa shape index (κ2) is 13.8. The van der Waals surface area contributed by atoms with Crippen molar-refractivity contribution in [2.45, 2.75) is 32.8 Å². The van der Waals surface area contributed by atoms with Crippen LogP contribution in [0.5, 0.6) is 11.5 Å². The van der Waals surface area contributed by atoms with Gasteiger partial charge in [-0.1, -0.05) is 36.4 Å². The van der Waals surface area contributed by atoms with Crippen molar-refractivity contribution in [2.24, 2.45) is 5.10 Å². The molecule has 1 aliphatic rings. The lowest BCUT2D eigenvalue weighted by Gasteiger charge is -2.26. The van der Waals surface area contributed by atoms with Crippen molar-refractivity contribution in [3.05, 3.63) is 89.5 Å². The Kier molecular flexibility index (Phi) is 9.19. The van der Waals surface area contributed by atoms with Crippen LogP contribution in [0.2, 0.25) is 0 Å². The Morgan fingerprint density at radius 2 is 1.68 bits per heavy atom. The predicted octanol–water partition coefficient (Wildman–Crippen LogP) is 5.90. The van der Waals surface area contributed by atoms with Gasteiger partial charge in [0.25, 0.3) is 0 Å². The van der Waals surface area contributed by atoms with Gasteiger partial charge in [0.1, 0.15) is 6.61 Å². The summed E-state index contributed by atoms with van der Waals surface area (Å²) in [7, 11) is 0. The topological polar surface area (TPSA) is 121 Å². The summed E-state index contributed by atoms with van der Waals surface area (Å²) in [6.45, 7) is 4.48. The third kappa shape index (κ3) is 7.48. The minimum absolute atomic E-state index is 0.261. The van der Waals surface area contributed by atoms with Crippen LogP contribution in [0.4, 0.5) is 23.5 Å². The van der Waals surface area contributed by atoms with Crippen molar-refractivity contribution in [3.8, 4) is 17.6 Å². The molecule has 1 aromatic heterocycles. The third-order valence-corrected chi connectivity index (χ3v) is 6.46. The summed E-state index contributed by atoms with van der Waals surface area (Å²) < 4.78 is 11.8. The molecule has 4 aromatic rings. The van der Waals surface area contributed by atoms with Crippen LogP contribution < -0.4 is 25.1 Å². The van der Waals surface area contributed by atoms with Crippen LogP contribution in [-0.4, -0.2) is 40.9 Å². The summed E-state index contributed by atoms with van der Waals surface area (Å²) in [5.74, 6) is 2.59. The van der Waals surface area contributed by atoms with Crippen LogP contribution in [0.15, 0.2) is 77.9 Å². The van der Waals surface area contributed by atoms with E-state index in [0.717, 1.165) is 42.7 Å². The van der Waals surface area contributed by atoms with Gasteiger partial charge >= 0.3 is 0 Å². The SMILES string of the molecule is CCOc1cc(/C=N\Nc2nc(Nc3ccccc3)nc(N3CCCCC3)n2)ccc1OCc1ccccc1C#N. The number of hydrogen-bond acceptors (Lipinski definition) is 10. The third-order valence-electron chi connectivity index (χ3n) is 6.46. The Labute approximate surface area is 239 Å². The lowest BCUT2D eigenvalue weighted by molar-refractivity contribution is 0.269. The molecule has 0 unspecified atom stereocenters. The van der Waals surface area contributed by atoms with Crippen molar-refractivity contribution in [3.63, 3.8) is 0 Å².